The van der Waals surface area contributed by atoms with Gasteiger partial charge in [0.25, 0.3) is 5.69 Å². The molecule has 0 aromatic heterocycles. The van der Waals surface area contributed by atoms with Crippen molar-refractivity contribution in [3.05, 3.63) is 39.9 Å². The number of nitro benzene ring substituents is 1. The molecule has 1 aromatic rings. The van der Waals surface area contributed by atoms with Crippen LogP contribution in [0.15, 0.2) is 24.3 Å². The summed E-state index contributed by atoms with van der Waals surface area (Å²) in [7, 11) is 0. The number of carbonyl (C=O) groups is 2. The zero-order valence-corrected chi connectivity index (χ0v) is 12.2. The molecule has 0 bridgehead atoms. The van der Waals surface area contributed by atoms with Crippen LogP contribution in [0.3, 0.4) is 0 Å². The van der Waals surface area contributed by atoms with Crippen LogP contribution in [-0.4, -0.2) is 29.1 Å². The molecule has 7 heteroatoms. The lowest BCUT2D eigenvalue weighted by Gasteiger charge is -2.26. The van der Waals surface area contributed by atoms with Crippen LogP contribution in [0.5, 0.6) is 0 Å². The third-order valence-electron chi connectivity index (χ3n) is 3.66. The van der Waals surface area contributed by atoms with Crippen molar-refractivity contribution < 1.29 is 24.0 Å². The van der Waals surface area contributed by atoms with Crippen LogP contribution >= 0.6 is 0 Å². The van der Waals surface area contributed by atoms with E-state index in [1.807, 2.05) is 0 Å². The molecule has 1 aliphatic rings. The van der Waals surface area contributed by atoms with E-state index in [-0.39, 0.29) is 17.9 Å². The second-order valence-corrected chi connectivity index (χ2v) is 5.12. The summed E-state index contributed by atoms with van der Waals surface area (Å²) in [5.41, 5.74) is -1.17. The van der Waals surface area contributed by atoms with Gasteiger partial charge in [-0.1, -0.05) is 0 Å². The number of rotatable bonds is 5. The Bertz CT molecular complexity index is 574. The van der Waals surface area contributed by atoms with Gasteiger partial charge in [-0.3, -0.25) is 10.1 Å². The van der Waals surface area contributed by atoms with Crippen molar-refractivity contribution in [3.63, 3.8) is 0 Å². The topological polar surface area (TPSA) is 95.7 Å². The monoisotopic (exact) mass is 307 g/mol. The molecule has 0 unspecified atom stereocenters. The Hall–Kier alpha value is -2.44. The molecule has 1 aromatic carbocycles. The fourth-order valence-electron chi connectivity index (χ4n) is 2.51. The second kappa shape index (κ2) is 6.55. The fraction of sp³-hybridized carbons (Fsp3) is 0.467. The van der Waals surface area contributed by atoms with Gasteiger partial charge in [0, 0.05) is 12.1 Å². The van der Waals surface area contributed by atoms with Crippen LogP contribution in [0.4, 0.5) is 5.69 Å². The molecule has 1 aliphatic carbocycles. The summed E-state index contributed by atoms with van der Waals surface area (Å²) >= 11 is 0. The highest BCUT2D eigenvalue weighted by molar-refractivity contribution is 5.93. The van der Waals surface area contributed by atoms with Gasteiger partial charge in [-0.2, -0.15) is 0 Å². The molecule has 0 heterocycles. The first-order valence-corrected chi connectivity index (χ1v) is 7.13. The molecule has 0 aliphatic heterocycles. The summed E-state index contributed by atoms with van der Waals surface area (Å²) in [4.78, 5) is 34.3. The van der Waals surface area contributed by atoms with Crippen molar-refractivity contribution >= 4 is 17.6 Å². The number of benzene rings is 1. The number of nitrogens with zero attached hydrogens (tertiary/aromatic N) is 1. The lowest BCUT2D eigenvalue weighted by Crippen LogP contribution is -2.42. The molecule has 0 saturated heterocycles. The minimum absolute atomic E-state index is 0.113. The Kier molecular flexibility index (Phi) is 4.75. The van der Waals surface area contributed by atoms with Crippen LogP contribution in [0, 0.1) is 10.1 Å². The molecule has 118 valence electrons. The van der Waals surface area contributed by atoms with Crippen LogP contribution in [0.1, 0.15) is 43.0 Å². The lowest BCUT2D eigenvalue weighted by molar-refractivity contribution is -0.384. The number of non-ortho nitro benzene ring substituents is 1. The predicted molar refractivity (Wildman–Crippen MR) is 76.3 cm³/mol. The number of hydrogen-bond donors (Lipinski definition) is 0. The molecule has 1 saturated carbocycles. The fourth-order valence-corrected chi connectivity index (χ4v) is 2.51. The highest BCUT2D eigenvalue weighted by Crippen LogP contribution is 2.35. The minimum atomic E-state index is -1.23. The first-order chi connectivity index (χ1) is 10.5. The first-order valence-electron chi connectivity index (χ1n) is 7.13. The smallest absolute Gasteiger partial charge is 0.350 e. The van der Waals surface area contributed by atoms with Crippen molar-refractivity contribution in [2.24, 2.45) is 0 Å². The van der Waals surface area contributed by atoms with E-state index in [2.05, 4.69) is 0 Å². The van der Waals surface area contributed by atoms with Gasteiger partial charge in [-0.05, 0) is 44.7 Å². The van der Waals surface area contributed by atoms with E-state index in [9.17, 15) is 19.7 Å². The van der Waals surface area contributed by atoms with E-state index in [1.165, 1.54) is 24.3 Å². The summed E-state index contributed by atoms with van der Waals surface area (Å²) in [6.45, 7) is 1.91. The van der Waals surface area contributed by atoms with E-state index in [0.717, 1.165) is 12.8 Å². The Morgan fingerprint density at radius 1 is 1.23 bits per heavy atom. The highest BCUT2D eigenvalue weighted by atomic mass is 16.6. The van der Waals surface area contributed by atoms with Crippen LogP contribution in [0.2, 0.25) is 0 Å². The summed E-state index contributed by atoms with van der Waals surface area (Å²) in [6, 6.07) is 5.08. The maximum absolute atomic E-state index is 12.2. The molecule has 0 spiro atoms. The Balaban J connectivity index is 2.14. The molecule has 0 amide bonds. The largest absolute Gasteiger partial charge is 0.463 e. The van der Waals surface area contributed by atoms with E-state index in [4.69, 9.17) is 9.47 Å². The van der Waals surface area contributed by atoms with Gasteiger partial charge in [0.05, 0.1) is 17.1 Å². The number of carbonyl (C=O) groups excluding carboxylic acids is 2. The maximum Gasteiger partial charge on any atom is 0.350 e. The van der Waals surface area contributed by atoms with E-state index in [1.54, 1.807) is 6.92 Å². The lowest BCUT2D eigenvalue weighted by atomic mass is 10.0. The van der Waals surface area contributed by atoms with Gasteiger partial charge in [-0.15, -0.1) is 0 Å². The molecular weight excluding hydrogens is 290 g/mol. The van der Waals surface area contributed by atoms with Crippen LogP contribution in [0.25, 0.3) is 0 Å². The summed E-state index contributed by atoms with van der Waals surface area (Å²) in [5, 5.41) is 10.6. The molecule has 0 radical (unpaired) electrons. The van der Waals surface area contributed by atoms with Gasteiger partial charge < -0.3 is 9.47 Å². The number of esters is 2. The molecule has 0 atom stereocenters. The average Bonchev–Trinajstić information content (AvgIpc) is 2.97. The summed E-state index contributed by atoms with van der Waals surface area (Å²) < 4.78 is 10.4. The molecule has 2 rings (SSSR count). The highest BCUT2D eigenvalue weighted by Gasteiger charge is 2.46. The Labute approximate surface area is 127 Å². The van der Waals surface area contributed by atoms with Gasteiger partial charge in [0.15, 0.2) is 0 Å². The number of hydrogen-bond acceptors (Lipinski definition) is 6. The van der Waals surface area contributed by atoms with Gasteiger partial charge in [0.2, 0.25) is 5.60 Å². The predicted octanol–water partition coefficient (Wildman–Crippen LogP) is 2.63. The van der Waals surface area contributed by atoms with Crippen molar-refractivity contribution in [2.45, 2.75) is 38.2 Å². The minimum Gasteiger partial charge on any atom is -0.463 e. The summed E-state index contributed by atoms with van der Waals surface area (Å²) in [5.74, 6) is -1.20. The van der Waals surface area contributed by atoms with Crippen molar-refractivity contribution in [1.29, 1.82) is 0 Å². The van der Waals surface area contributed by atoms with Gasteiger partial charge >= 0.3 is 11.9 Å². The van der Waals surface area contributed by atoms with Crippen molar-refractivity contribution in [3.8, 4) is 0 Å². The normalized spacial score (nSPS) is 16.0. The van der Waals surface area contributed by atoms with Crippen molar-refractivity contribution in [1.82, 2.24) is 0 Å². The summed E-state index contributed by atoms with van der Waals surface area (Å²) in [6.07, 6.45) is 2.44. The Morgan fingerprint density at radius 2 is 1.82 bits per heavy atom. The molecule has 22 heavy (non-hydrogen) atoms. The SMILES string of the molecule is CCOC(=O)C1(OC(=O)c2ccc([N+](=O)[O-])cc2)CCCC1. The standard InChI is InChI=1S/C15H17NO6/c1-2-21-14(18)15(9-3-4-10-15)22-13(17)11-5-7-12(8-6-11)16(19)20/h5-8H,2-4,9-10H2,1H3. The van der Waals surface area contributed by atoms with Crippen LogP contribution in [-0.2, 0) is 14.3 Å². The average molecular weight is 307 g/mol. The molecule has 0 N–H and O–H groups in total. The zero-order valence-electron chi connectivity index (χ0n) is 12.2. The molecular formula is C15H17NO6. The molecule has 7 nitrogen and oxygen atoms in total. The maximum atomic E-state index is 12.2. The zero-order chi connectivity index (χ0) is 16.2. The van der Waals surface area contributed by atoms with E-state index < -0.39 is 22.5 Å². The number of ether oxygens (including phenoxy) is 2. The van der Waals surface area contributed by atoms with Gasteiger partial charge in [-0.25, -0.2) is 9.59 Å². The second-order valence-electron chi connectivity index (χ2n) is 5.12. The number of nitro groups is 1. The van der Waals surface area contributed by atoms with Gasteiger partial charge in [0.1, 0.15) is 0 Å². The van der Waals surface area contributed by atoms with E-state index >= 15 is 0 Å². The quantitative estimate of drug-likeness (QED) is 0.471. The molecule has 1 fully saturated rings. The van der Waals surface area contributed by atoms with Crippen LogP contribution < -0.4 is 0 Å². The van der Waals surface area contributed by atoms with E-state index in [0.29, 0.717) is 12.8 Å². The Morgan fingerprint density at radius 3 is 2.32 bits per heavy atom. The third-order valence-corrected chi connectivity index (χ3v) is 3.66. The third kappa shape index (κ3) is 3.24. The van der Waals surface area contributed by atoms with Crippen molar-refractivity contribution in [2.75, 3.05) is 6.61 Å². The first kappa shape index (κ1) is 15.9.